The molecule has 0 bridgehead atoms. The highest BCUT2D eigenvalue weighted by Gasteiger charge is 2.10. The third-order valence-corrected chi connectivity index (χ3v) is 6.13. The van der Waals surface area contributed by atoms with Crippen LogP contribution in [-0.4, -0.2) is 30.3 Å². The van der Waals surface area contributed by atoms with Crippen LogP contribution >= 0.6 is 39.0 Å². The molecule has 4 nitrogen and oxygen atoms in total. The Kier molecular flexibility index (Phi) is 6.04. The maximum absolute atomic E-state index is 6.01. The van der Waals surface area contributed by atoms with E-state index in [9.17, 15) is 0 Å². The van der Waals surface area contributed by atoms with E-state index in [1.54, 1.807) is 23.1 Å². The minimum Gasteiger partial charge on any atom is -0.353 e. The van der Waals surface area contributed by atoms with Crippen molar-refractivity contribution in [2.24, 2.45) is 5.73 Å². The van der Waals surface area contributed by atoms with Gasteiger partial charge in [-0.1, -0.05) is 36.1 Å². The first-order valence-electron chi connectivity index (χ1n) is 6.72. The lowest BCUT2D eigenvalue weighted by Crippen LogP contribution is -2.21. The van der Waals surface area contributed by atoms with E-state index in [2.05, 4.69) is 51.3 Å². The lowest BCUT2D eigenvalue weighted by Gasteiger charge is -2.10. The van der Waals surface area contributed by atoms with Crippen molar-refractivity contribution in [3.05, 3.63) is 28.2 Å². The fourth-order valence-electron chi connectivity index (χ4n) is 1.72. The lowest BCUT2D eigenvalue weighted by atomic mass is 10.1. The molecule has 0 fully saturated rings. The van der Waals surface area contributed by atoms with Crippen LogP contribution in [0.5, 0.6) is 0 Å². The molecule has 0 amide bonds. The second-order valence-electron chi connectivity index (χ2n) is 4.98. The van der Waals surface area contributed by atoms with Gasteiger partial charge in [0.15, 0.2) is 4.34 Å². The lowest BCUT2D eigenvalue weighted by molar-refractivity contribution is 0.646. The fraction of sp³-hybridized carbons (Fsp3) is 0.429. The predicted molar refractivity (Wildman–Crippen MR) is 94.5 cm³/mol. The van der Waals surface area contributed by atoms with E-state index < -0.39 is 0 Å². The summed E-state index contributed by atoms with van der Waals surface area (Å²) in [6, 6.07) is 6.62. The Morgan fingerprint density at radius 2 is 2.14 bits per heavy atom. The SMILES string of the molecule is CCC(N)Cc1ccc(Sc2nnc(N(C)C)s2)c(Br)c1. The van der Waals surface area contributed by atoms with Gasteiger partial charge in [0.25, 0.3) is 0 Å². The van der Waals surface area contributed by atoms with Crippen LogP contribution in [-0.2, 0) is 6.42 Å². The molecule has 21 heavy (non-hydrogen) atoms. The summed E-state index contributed by atoms with van der Waals surface area (Å²) in [5, 5.41) is 9.27. The molecule has 114 valence electrons. The highest BCUT2D eigenvalue weighted by molar-refractivity contribution is 9.10. The third kappa shape index (κ3) is 4.67. The number of nitrogens with two attached hydrogens (primary N) is 1. The smallest absolute Gasteiger partial charge is 0.208 e. The number of hydrogen-bond donors (Lipinski definition) is 1. The van der Waals surface area contributed by atoms with Gasteiger partial charge in [-0.05, 0) is 46.5 Å². The zero-order chi connectivity index (χ0) is 15.4. The van der Waals surface area contributed by atoms with Gasteiger partial charge in [0, 0.05) is 29.5 Å². The van der Waals surface area contributed by atoms with Crippen LogP contribution < -0.4 is 10.6 Å². The van der Waals surface area contributed by atoms with Crippen LogP contribution in [0.1, 0.15) is 18.9 Å². The maximum Gasteiger partial charge on any atom is 0.208 e. The second-order valence-corrected chi connectivity index (χ2v) is 8.08. The van der Waals surface area contributed by atoms with Gasteiger partial charge in [-0.2, -0.15) is 0 Å². The fourth-order valence-corrected chi connectivity index (χ4v) is 4.11. The first kappa shape index (κ1) is 16.7. The number of anilines is 1. The van der Waals surface area contributed by atoms with Gasteiger partial charge in [-0.15, -0.1) is 10.2 Å². The van der Waals surface area contributed by atoms with E-state index in [-0.39, 0.29) is 6.04 Å². The predicted octanol–water partition coefficient (Wildman–Crippen LogP) is 3.80. The zero-order valence-electron chi connectivity index (χ0n) is 12.3. The Hall–Kier alpha value is -0.630. The monoisotopic (exact) mass is 386 g/mol. The Morgan fingerprint density at radius 3 is 2.71 bits per heavy atom. The first-order valence-corrected chi connectivity index (χ1v) is 9.15. The Morgan fingerprint density at radius 1 is 1.38 bits per heavy atom. The molecule has 1 aromatic heterocycles. The van der Waals surface area contributed by atoms with Crippen molar-refractivity contribution in [2.45, 2.75) is 35.0 Å². The molecule has 1 unspecified atom stereocenters. The van der Waals surface area contributed by atoms with E-state index in [1.165, 1.54) is 5.56 Å². The van der Waals surface area contributed by atoms with Crippen LogP contribution in [0.3, 0.4) is 0 Å². The normalized spacial score (nSPS) is 12.4. The number of benzene rings is 1. The van der Waals surface area contributed by atoms with Crippen LogP contribution in [0.4, 0.5) is 5.13 Å². The van der Waals surface area contributed by atoms with Gasteiger partial charge in [0.05, 0.1) is 0 Å². The summed E-state index contributed by atoms with van der Waals surface area (Å²) in [6.45, 7) is 2.11. The topological polar surface area (TPSA) is 55.0 Å². The van der Waals surface area contributed by atoms with Gasteiger partial charge in [0.2, 0.25) is 5.13 Å². The first-order chi connectivity index (χ1) is 9.99. The minimum absolute atomic E-state index is 0.223. The van der Waals surface area contributed by atoms with E-state index >= 15 is 0 Å². The average Bonchev–Trinajstić information content (AvgIpc) is 2.90. The van der Waals surface area contributed by atoms with Crippen LogP contribution in [0.15, 0.2) is 31.9 Å². The molecule has 1 heterocycles. The van der Waals surface area contributed by atoms with Crippen LogP contribution in [0.25, 0.3) is 0 Å². The summed E-state index contributed by atoms with van der Waals surface area (Å²) in [6.07, 6.45) is 1.90. The molecule has 2 N–H and O–H groups in total. The van der Waals surface area contributed by atoms with E-state index in [0.717, 1.165) is 31.7 Å². The molecule has 1 aromatic carbocycles. The molecule has 0 spiro atoms. The minimum atomic E-state index is 0.223. The molecule has 0 aliphatic rings. The van der Waals surface area contributed by atoms with Gasteiger partial charge >= 0.3 is 0 Å². The van der Waals surface area contributed by atoms with Crippen molar-refractivity contribution >= 4 is 44.2 Å². The second kappa shape index (κ2) is 7.58. The van der Waals surface area contributed by atoms with Gasteiger partial charge in [-0.25, -0.2) is 0 Å². The van der Waals surface area contributed by atoms with Crippen molar-refractivity contribution in [1.82, 2.24) is 10.2 Å². The third-order valence-electron chi connectivity index (χ3n) is 2.99. The van der Waals surface area contributed by atoms with E-state index in [0.29, 0.717) is 0 Å². The van der Waals surface area contributed by atoms with Crippen molar-refractivity contribution in [3.63, 3.8) is 0 Å². The van der Waals surface area contributed by atoms with Crippen molar-refractivity contribution in [2.75, 3.05) is 19.0 Å². The standard InChI is InChI=1S/C14H19BrN4S2/c1-4-10(16)7-9-5-6-12(11(15)8-9)20-14-18-17-13(21-14)19(2)3/h5-6,8,10H,4,7,16H2,1-3H3. The summed E-state index contributed by atoms with van der Waals surface area (Å²) in [4.78, 5) is 3.11. The molecular formula is C14H19BrN4S2. The molecular weight excluding hydrogens is 368 g/mol. The molecule has 0 saturated carbocycles. The maximum atomic E-state index is 6.01. The van der Waals surface area contributed by atoms with Crippen molar-refractivity contribution in [1.29, 1.82) is 0 Å². The Balaban J connectivity index is 2.09. The molecule has 7 heteroatoms. The largest absolute Gasteiger partial charge is 0.353 e. The summed E-state index contributed by atoms with van der Waals surface area (Å²) >= 11 is 6.85. The molecule has 1 atom stereocenters. The summed E-state index contributed by atoms with van der Waals surface area (Å²) in [5.41, 5.74) is 7.26. The Bertz CT molecular complexity index is 600. The number of hydrogen-bond acceptors (Lipinski definition) is 6. The van der Waals surface area contributed by atoms with Crippen molar-refractivity contribution in [3.8, 4) is 0 Å². The van der Waals surface area contributed by atoms with Crippen molar-refractivity contribution < 1.29 is 0 Å². The number of halogens is 1. The highest BCUT2D eigenvalue weighted by Crippen LogP contribution is 2.37. The molecule has 2 rings (SSSR count). The molecule has 0 saturated heterocycles. The van der Waals surface area contributed by atoms with Gasteiger partial charge in [0.1, 0.15) is 0 Å². The van der Waals surface area contributed by atoms with Crippen LogP contribution in [0, 0.1) is 0 Å². The number of aromatic nitrogens is 2. The molecule has 2 aromatic rings. The van der Waals surface area contributed by atoms with Crippen LogP contribution in [0.2, 0.25) is 0 Å². The number of nitrogens with zero attached hydrogens (tertiary/aromatic N) is 3. The van der Waals surface area contributed by atoms with Gasteiger partial charge < -0.3 is 10.6 Å². The summed E-state index contributed by atoms with van der Waals surface area (Å²) in [5.74, 6) is 0. The Labute approximate surface area is 142 Å². The van der Waals surface area contributed by atoms with E-state index in [4.69, 9.17) is 5.73 Å². The van der Waals surface area contributed by atoms with E-state index in [1.807, 2.05) is 19.0 Å². The van der Waals surface area contributed by atoms with Gasteiger partial charge in [-0.3, -0.25) is 0 Å². The average molecular weight is 387 g/mol. The summed E-state index contributed by atoms with van der Waals surface area (Å²) in [7, 11) is 3.94. The molecule has 0 radical (unpaired) electrons. The quantitative estimate of drug-likeness (QED) is 0.817. The zero-order valence-corrected chi connectivity index (χ0v) is 15.6. The molecule has 0 aliphatic heterocycles. The highest BCUT2D eigenvalue weighted by atomic mass is 79.9. The molecule has 0 aliphatic carbocycles. The summed E-state index contributed by atoms with van der Waals surface area (Å²) < 4.78 is 2.02. The number of rotatable bonds is 6.